The number of hydrogen-bond donors (Lipinski definition) is 1. The van der Waals surface area contributed by atoms with E-state index in [1.165, 1.54) is 10.6 Å². The Morgan fingerprint density at radius 2 is 2.26 bits per heavy atom. The molecule has 1 N–H and O–H groups in total. The van der Waals surface area contributed by atoms with Gasteiger partial charge in [0.1, 0.15) is 0 Å². The molecular weight excluding hydrogens is 322 g/mol. The highest BCUT2D eigenvalue weighted by atomic mass is 32.2. The molecule has 9 heteroatoms. The van der Waals surface area contributed by atoms with Gasteiger partial charge in [-0.3, -0.25) is 4.79 Å². The summed E-state index contributed by atoms with van der Waals surface area (Å²) in [5.74, 6) is -0.0376. The molecule has 1 aromatic rings. The first-order chi connectivity index (χ1) is 10.7. The number of likely N-dealkylation sites (tertiary alicyclic amines) is 1. The molecule has 3 heterocycles. The predicted molar refractivity (Wildman–Crippen MR) is 81.2 cm³/mol. The first-order valence-corrected chi connectivity index (χ1v) is 9.38. The molecule has 0 spiro atoms. The summed E-state index contributed by atoms with van der Waals surface area (Å²) < 4.78 is 30.1. The molecule has 2 fully saturated rings. The van der Waals surface area contributed by atoms with Gasteiger partial charge in [0, 0.05) is 37.7 Å². The summed E-state index contributed by atoms with van der Waals surface area (Å²) in [4.78, 5) is 14.1. The molecule has 0 saturated carbocycles. The Labute approximate surface area is 135 Å². The van der Waals surface area contributed by atoms with Crippen molar-refractivity contribution in [2.45, 2.75) is 13.3 Å². The number of rotatable bonds is 3. The van der Waals surface area contributed by atoms with E-state index in [0.29, 0.717) is 31.7 Å². The number of aliphatic hydroxyl groups is 1. The van der Waals surface area contributed by atoms with Gasteiger partial charge in [-0.05, 0) is 19.3 Å². The zero-order valence-corrected chi connectivity index (χ0v) is 14.0. The molecule has 128 valence electrons. The molecule has 8 nitrogen and oxygen atoms in total. The van der Waals surface area contributed by atoms with Crippen molar-refractivity contribution < 1.29 is 22.8 Å². The first kappa shape index (κ1) is 16.4. The van der Waals surface area contributed by atoms with Crippen LogP contribution in [-0.4, -0.2) is 72.8 Å². The highest BCUT2D eigenvalue weighted by Gasteiger charge is 2.52. The summed E-state index contributed by atoms with van der Waals surface area (Å²) in [6.45, 7) is 3.07. The van der Waals surface area contributed by atoms with E-state index in [2.05, 4.69) is 5.16 Å². The van der Waals surface area contributed by atoms with Crippen LogP contribution in [0.3, 0.4) is 0 Å². The predicted octanol–water partition coefficient (Wildman–Crippen LogP) is -0.301. The maximum absolute atomic E-state index is 12.5. The van der Waals surface area contributed by atoms with Crippen LogP contribution >= 0.6 is 0 Å². The molecule has 0 bridgehead atoms. The Morgan fingerprint density at radius 1 is 1.52 bits per heavy atom. The van der Waals surface area contributed by atoms with Crippen molar-refractivity contribution in [3.8, 4) is 0 Å². The minimum Gasteiger partial charge on any atom is -0.396 e. The van der Waals surface area contributed by atoms with Crippen LogP contribution in [0.5, 0.6) is 0 Å². The summed E-state index contributed by atoms with van der Waals surface area (Å²) in [6.07, 6.45) is 1.83. The molecule has 23 heavy (non-hydrogen) atoms. The molecule has 2 aliphatic heterocycles. The molecule has 2 atom stereocenters. The van der Waals surface area contributed by atoms with E-state index in [4.69, 9.17) is 4.52 Å². The van der Waals surface area contributed by atoms with Gasteiger partial charge in [0.25, 0.3) is 5.91 Å². The van der Waals surface area contributed by atoms with Crippen molar-refractivity contribution in [1.29, 1.82) is 0 Å². The average molecular weight is 343 g/mol. The van der Waals surface area contributed by atoms with Crippen molar-refractivity contribution >= 4 is 15.9 Å². The number of aryl methyl sites for hydroxylation is 1. The lowest BCUT2D eigenvalue weighted by Gasteiger charge is -2.42. The number of carbonyl (C=O) groups is 1. The van der Waals surface area contributed by atoms with Crippen molar-refractivity contribution in [3.05, 3.63) is 17.5 Å². The van der Waals surface area contributed by atoms with Gasteiger partial charge in [-0.25, -0.2) is 12.7 Å². The molecule has 0 aromatic carbocycles. The number of amides is 1. The number of piperidine rings is 1. The van der Waals surface area contributed by atoms with Crippen molar-refractivity contribution in [1.82, 2.24) is 14.4 Å². The van der Waals surface area contributed by atoms with E-state index < -0.39 is 15.4 Å². The van der Waals surface area contributed by atoms with Crippen LogP contribution in [0.2, 0.25) is 0 Å². The van der Waals surface area contributed by atoms with E-state index in [0.717, 1.165) is 0 Å². The smallest absolute Gasteiger partial charge is 0.292 e. The van der Waals surface area contributed by atoms with Gasteiger partial charge in [-0.15, -0.1) is 0 Å². The second-order valence-corrected chi connectivity index (χ2v) is 8.60. The first-order valence-electron chi connectivity index (χ1n) is 7.54. The lowest BCUT2D eigenvalue weighted by molar-refractivity contribution is 0.0110. The van der Waals surface area contributed by atoms with Crippen LogP contribution < -0.4 is 0 Å². The molecule has 1 aromatic heterocycles. The number of nitrogens with zero attached hydrogens (tertiary/aromatic N) is 3. The minimum atomic E-state index is -3.31. The van der Waals surface area contributed by atoms with Gasteiger partial charge in [0.15, 0.2) is 0 Å². The normalized spacial score (nSPS) is 28.8. The maximum Gasteiger partial charge on any atom is 0.292 e. The second-order valence-electron chi connectivity index (χ2n) is 6.62. The molecule has 2 unspecified atom stereocenters. The Balaban J connectivity index is 1.81. The fourth-order valence-electron chi connectivity index (χ4n) is 3.61. The average Bonchev–Trinajstić information content (AvgIpc) is 3.09. The van der Waals surface area contributed by atoms with Gasteiger partial charge in [-0.2, -0.15) is 0 Å². The van der Waals surface area contributed by atoms with Gasteiger partial charge in [0.05, 0.1) is 18.6 Å². The Kier molecular flexibility index (Phi) is 3.97. The number of aromatic nitrogens is 1. The molecule has 2 saturated heterocycles. The number of sulfonamides is 1. The number of hydrogen-bond acceptors (Lipinski definition) is 6. The number of carbonyl (C=O) groups excluding carboxylic acids is 1. The molecule has 0 aliphatic carbocycles. The van der Waals surface area contributed by atoms with Gasteiger partial charge in [-0.1, -0.05) is 5.16 Å². The van der Waals surface area contributed by atoms with Gasteiger partial charge < -0.3 is 14.5 Å². The Morgan fingerprint density at radius 3 is 2.83 bits per heavy atom. The summed E-state index contributed by atoms with van der Waals surface area (Å²) in [7, 11) is -3.31. The lowest BCUT2D eigenvalue weighted by atomic mass is 9.74. The summed E-state index contributed by atoms with van der Waals surface area (Å²) in [5.41, 5.74) is 0.0238. The van der Waals surface area contributed by atoms with E-state index in [1.54, 1.807) is 17.9 Å². The zero-order chi connectivity index (χ0) is 16.8. The van der Waals surface area contributed by atoms with E-state index in [9.17, 15) is 18.3 Å². The van der Waals surface area contributed by atoms with Crippen LogP contribution in [0, 0.1) is 18.3 Å². The fraction of sp³-hybridized carbons (Fsp3) is 0.714. The SMILES string of the molecule is Cc1cc(C(=O)N2CCC3CN(S(C)(=O)=O)CC3(CO)C2)on1. The fourth-order valence-corrected chi connectivity index (χ4v) is 4.55. The van der Waals surface area contributed by atoms with E-state index >= 15 is 0 Å². The molecule has 0 radical (unpaired) electrons. The Hall–Kier alpha value is -1.45. The van der Waals surface area contributed by atoms with Crippen molar-refractivity contribution in [2.75, 3.05) is 39.0 Å². The Bertz CT molecular complexity index is 716. The van der Waals surface area contributed by atoms with Crippen LogP contribution in [0.25, 0.3) is 0 Å². The highest BCUT2D eigenvalue weighted by molar-refractivity contribution is 7.88. The second kappa shape index (κ2) is 5.57. The largest absolute Gasteiger partial charge is 0.396 e. The lowest BCUT2D eigenvalue weighted by Crippen LogP contribution is -2.52. The maximum atomic E-state index is 12.5. The summed E-state index contributed by atoms with van der Waals surface area (Å²) in [5, 5.41) is 13.6. The third kappa shape index (κ3) is 2.88. The van der Waals surface area contributed by atoms with E-state index in [-0.39, 0.29) is 30.7 Å². The van der Waals surface area contributed by atoms with Crippen LogP contribution in [0.4, 0.5) is 0 Å². The third-order valence-electron chi connectivity index (χ3n) is 4.94. The van der Waals surface area contributed by atoms with Crippen LogP contribution in [0.15, 0.2) is 10.6 Å². The van der Waals surface area contributed by atoms with Crippen LogP contribution in [-0.2, 0) is 10.0 Å². The zero-order valence-electron chi connectivity index (χ0n) is 13.2. The topological polar surface area (TPSA) is 104 Å². The standard InChI is InChI=1S/C14H21N3O5S/c1-10-5-12(22-15-10)13(19)16-4-3-11-6-17(23(2,20)21)8-14(11,7-16)9-18/h5,11,18H,3-4,6-9H2,1-2H3. The summed E-state index contributed by atoms with van der Waals surface area (Å²) >= 11 is 0. The third-order valence-corrected chi connectivity index (χ3v) is 6.16. The highest BCUT2D eigenvalue weighted by Crippen LogP contribution is 2.42. The molecule has 3 rings (SSSR count). The summed E-state index contributed by atoms with van der Waals surface area (Å²) in [6, 6.07) is 1.58. The van der Waals surface area contributed by atoms with Gasteiger partial charge in [0.2, 0.25) is 15.8 Å². The quantitative estimate of drug-likeness (QED) is 0.808. The number of aliphatic hydroxyl groups excluding tert-OH is 1. The van der Waals surface area contributed by atoms with Crippen molar-refractivity contribution in [2.24, 2.45) is 11.3 Å². The minimum absolute atomic E-state index is 0.0581. The van der Waals surface area contributed by atoms with Crippen LogP contribution in [0.1, 0.15) is 22.7 Å². The van der Waals surface area contributed by atoms with Gasteiger partial charge >= 0.3 is 0 Å². The van der Waals surface area contributed by atoms with E-state index in [1.807, 2.05) is 0 Å². The molecule has 1 amide bonds. The monoisotopic (exact) mass is 343 g/mol. The molecular formula is C14H21N3O5S. The number of fused-ring (bicyclic) bond motifs is 1. The van der Waals surface area contributed by atoms with Crippen molar-refractivity contribution in [3.63, 3.8) is 0 Å². The molecule has 2 aliphatic rings.